The average Bonchev–Trinajstić information content (AvgIpc) is 2.61. The minimum atomic E-state index is 0.320. The Morgan fingerprint density at radius 3 is 3.00 bits per heavy atom. The average molecular weight is 214 g/mol. The molecule has 0 N–H and O–H groups in total. The van der Waals surface area contributed by atoms with Crippen molar-refractivity contribution in [2.45, 2.75) is 30.1 Å². The van der Waals surface area contributed by atoms with Gasteiger partial charge in [0, 0.05) is 17.5 Å². The van der Waals surface area contributed by atoms with Crippen LogP contribution in [0.2, 0.25) is 5.15 Å². The van der Waals surface area contributed by atoms with Crippen molar-refractivity contribution in [2.75, 3.05) is 0 Å². The zero-order valence-electron chi connectivity index (χ0n) is 7.00. The van der Waals surface area contributed by atoms with Gasteiger partial charge in [-0.25, -0.2) is 4.98 Å². The first-order valence-corrected chi connectivity index (χ1v) is 5.36. The number of pyridine rings is 1. The molecule has 3 atom stereocenters. The highest BCUT2D eigenvalue weighted by atomic mass is 35.5. The molecule has 0 amide bonds. The van der Waals surface area contributed by atoms with Gasteiger partial charge in [0.2, 0.25) is 0 Å². The zero-order chi connectivity index (χ0) is 9.00. The summed E-state index contributed by atoms with van der Waals surface area (Å²) in [4.78, 5) is 4.11. The third-order valence-corrected chi connectivity index (χ3v) is 3.95. The molecule has 0 aliphatic heterocycles. The summed E-state index contributed by atoms with van der Waals surface area (Å²) < 4.78 is 0. The van der Waals surface area contributed by atoms with Gasteiger partial charge in [-0.1, -0.05) is 11.6 Å². The molecule has 1 aromatic heterocycles. The Labute approximate surface area is 87.1 Å². The fourth-order valence-electron chi connectivity index (χ4n) is 2.68. The number of nitrogens with zero attached hydrogens (tertiary/aromatic N) is 1. The zero-order valence-corrected chi connectivity index (χ0v) is 8.52. The Hall–Kier alpha value is -0.270. The molecule has 1 saturated carbocycles. The van der Waals surface area contributed by atoms with Gasteiger partial charge in [0.15, 0.2) is 0 Å². The number of alkyl halides is 1. The van der Waals surface area contributed by atoms with Crippen molar-refractivity contribution in [2.24, 2.45) is 0 Å². The SMILES string of the molecule is Clc1cc2c(cn1)[C@H]1C[C@@H]2C[C@@H]1Cl. The molecule has 1 nitrogen and oxygen atoms in total. The Bertz CT molecular complexity index is 364. The first-order chi connectivity index (χ1) is 6.25. The Balaban J connectivity index is 2.16. The Morgan fingerprint density at radius 2 is 2.15 bits per heavy atom. The summed E-state index contributed by atoms with van der Waals surface area (Å²) in [5.74, 6) is 1.18. The molecule has 1 fully saturated rings. The Morgan fingerprint density at radius 1 is 1.31 bits per heavy atom. The van der Waals surface area contributed by atoms with Crippen LogP contribution in [0.1, 0.15) is 35.8 Å². The standard InChI is InChI=1S/C10H9Cl2N/c11-9-2-5-1-7(9)8-4-13-10(12)3-6(5)8/h3-5,7,9H,1-2H2/t5-,7-,9+/m1/s1. The largest absolute Gasteiger partial charge is 0.244 e. The second kappa shape index (κ2) is 2.61. The molecular formula is C10H9Cl2N. The summed E-state index contributed by atoms with van der Waals surface area (Å²) in [6.45, 7) is 0. The van der Waals surface area contributed by atoms with E-state index in [1.54, 1.807) is 0 Å². The van der Waals surface area contributed by atoms with Gasteiger partial charge in [-0.2, -0.15) is 0 Å². The molecule has 0 saturated heterocycles. The van der Waals surface area contributed by atoms with E-state index in [1.807, 2.05) is 12.3 Å². The molecule has 0 spiro atoms. The van der Waals surface area contributed by atoms with Crippen LogP contribution in [0.3, 0.4) is 0 Å². The smallest absolute Gasteiger partial charge is 0.129 e. The fraction of sp³-hybridized carbons (Fsp3) is 0.500. The number of halogens is 2. The molecule has 68 valence electrons. The second-order valence-electron chi connectivity index (χ2n) is 3.93. The molecule has 3 rings (SSSR count). The lowest BCUT2D eigenvalue weighted by Gasteiger charge is -2.18. The maximum Gasteiger partial charge on any atom is 0.129 e. The molecule has 1 heterocycles. The highest BCUT2D eigenvalue weighted by Crippen LogP contribution is 2.54. The van der Waals surface area contributed by atoms with Gasteiger partial charge in [-0.3, -0.25) is 0 Å². The van der Waals surface area contributed by atoms with Crippen molar-refractivity contribution in [1.29, 1.82) is 0 Å². The van der Waals surface area contributed by atoms with E-state index in [0.29, 0.717) is 22.4 Å². The van der Waals surface area contributed by atoms with Gasteiger partial charge >= 0.3 is 0 Å². The summed E-state index contributed by atoms with van der Waals surface area (Å²) in [7, 11) is 0. The molecular weight excluding hydrogens is 205 g/mol. The minimum Gasteiger partial charge on any atom is -0.244 e. The second-order valence-corrected chi connectivity index (χ2v) is 4.87. The third-order valence-electron chi connectivity index (χ3n) is 3.26. The number of hydrogen-bond donors (Lipinski definition) is 0. The summed E-state index contributed by atoms with van der Waals surface area (Å²) >= 11 is 12.1. The highest BCUT2D eigenvalue weighted by molar-refractivity contribution is 6.29. The van der Waals surface area contributed by atoms with E-state index in [0.717, 1.165) is 6.42 Å². The maximum atomic E-state index is 6.22. The van der Waals surface area contributed by atoms with Crippen LogP contribution in [-0.2, 0) is 0 Å². The summed E-state index contributed by atoms with van der Waals surface area (Å²) in [5.41, 5.74) is 2.72. The highest BCUT2D eigenvalue weighted by Gasteiger charge is 2.43. The summed E-state index contributed by atoms with van der Waals surface area (Å²) in [6, 6.07) is 2.00. The predicted molar refractivity (Wildman–Crippen MR) is 53.6 cm³/mol. The monoisotopic (exact) mass is 213 g/mol. The lowest BCUT2D eigenvalue weighted by atomic mass is 9.93. The van der Waals surface area contributed by atoms with Gasteiger partial charge in [-0.15, -0.1) is 11.6 Å². The van der Waals surface area contributed by atoms with Crippen LogP contribution in [0, 0.1) is 0 Å². The van der Waals surface area contributed by atoms with E-state index in [9.17, 15) is 0 Å². The van der Waals surface area contributed by atoms with Crippen LogP contribution in [0.25, 0.3) is 0 Å². The molecule has 2 aliphatic rings. The van der Waals surface area contributed by atoms with Crippen LogP contribution < -0.4 is 0 Å². The molecule has 0 aromatic carbocycles. The predicted octanol–water partition coefficient (Wildman–Crippen LogP) is 3.32. The number of hydrogen-bond acceptors (Lipinski definition) is 1. The van der Waals surface area contributed by atoms with E-state index in [1.165, 1.54) is 17.5 Å². The summed E-state index contributed by atoms with van der Waals surface area (Å²) in [5, 5.41) is 0.929. The number of aromatic nitrogens is 1. The van der Waals surface area contributed by atoms with E-state index < -0.39 is 0 Å². The lowest BCUT2D eigenvalue weighted by molar-refractivity contribution is 0.722. The minimum absolute atomic E-state index is 0.320. The molecule has 0 radical (unpaired) electrons. The van der Waals surface area contributed by atoms with Crippen LogP contribution in [0.4, 0.5) is 0 Å². The van der Waals surface area contributed by atoms with Crippen molar-refractivity contribution in [3.63, 3.8) is 0 Å². The van der Waals surface area contributed by atoms with Gasteiger partial charge in [0.05, 0.1) is 0 Å². The van der Waals surface area contributed by atoms with Crippen molar-refractivity contribution in [1.82, 2.24) is 4.98 Å². The van der Waals surface area contributed by atoms with E-state index in [2.05, 4.69) is 4.98 Å². The van der Waals surface area contributed by atoms with E-state index in [4.69, 9.17) is 23.2 Å². The van der Waals surface area contributed by atoms with Crippen molar-refractivity contribution >= 4 is 23.2 Å². The fourth-order valence-corrected chi connectivity index (χ4v) is 3.30. The van der Waals surface area contributed by atoms with E-state index in [-0.39, 0.29) is 0 Å². The van der Waals surface area contributed by atoms with Crippen molar-refractivity contribution < 1.29 is 0 Å². The number of rotatable bonds is 0. The molecule has 2 bridgehead atoms. The lowest BCUT2D eigenvalue weighted by Crippen LogP contribution is -2.10. The van der Waals surface area contributed by atoms with Crippen molar-refractivity contribution in [3.8, 4) is 0 Å². The first-order valence-electron chi connectivity index (χ1n) is 4.55. The molecule has 13 heavy (non-hydrogen) atoms. The first kappa shape index (κ1) is 8.07. The van der Waals surface area contributed by atoms with Crippen LogP contribution in [0.15, 0.2) is 12.3 Å². The van der Waals surface area contributed by atoms with Crippen LogP contribution in [-0.4, -0.2) is 10.4 Å². The molecule has 0 unspecified atom stereocenters. The topological polar surface area (TPSA) is 12.9 Å². The van der Waals surface area contributed by atoms with Crippen LogP contribution in [0.5, 0.6) is 0 Å². The molecule has 3 heteroatoms. The quantitative estimate of drug-likeness (QED) is 0.476. The molecule has 1 aromatic rings. The van der Waals surface area contributed by atoms with Gasteiger partial charge < -0.3 is 0 Å². The normalized spacial score (nSPS) is 35.1. The summed E-state index contributed by atoms with van der Waals surface area (Å²) in [6.07, 6.45) is 4.21. The van der Waals surface area contributed by atoms with Crippen LogP contribution >= 0.6 is 23.2 Å². The van der Waals surface area contributed by atoms with Gasteiger partial charge in [-0.05, 0) is 36.0 Å². The third kappa shape index (κ3) is 1.04. The van der Waals surface area contributed by atoms with Crippen molar-refractivity contribution in [3.05, 3.63) is 28.5 Å². The van der Waals surface area contributed by atoms with Gasteiger partial charge in [0.25, 0.3) is 0 Å². The number of fused-ring (bicyclic) bond motifs is 5. The Kier molecular flexibility index (Phi) is 1.62. The van der Waals surface area contributed by atoms with E-state index >= 15 is 0 Å². The molecule has 2 aliphatic carbocycles. The van der Waals surface area contributed by atoms with Gasteiger partial charge in [0.1, 0.15) is 5.15 Å². The maximum absolute atomic E-state index is 6.22.